The Morgan fingerprint density at radius 2 is 2.11 bits per heavy atom. The second kappa shape index (κ2) is 7.62. The Morgan fingerprint density at radius 3 is 2.82 bits per heavy atom. The zero-order chi connectivity index (χ0) is 19.7. The van der Waals surface area contributed by atoms with Crippen LogP contribution in [0.5, 0.6) is 0 Å². The number of carbonyl (C=O) groups excluding carboxylic acids is 1. The van der Waals surface area contributed by atoms with Gasteiger partial charge in [0, 0.05) is 36.1 Å². The molecule has 0 radical (unpaired) electrons. The second-order valence-corrected chi connectivity index (χ2v) is 8.00. The Morgan fingerprint density at radius 1 is 1.29 bits per heavy atom. The molecule has 0 aliphatic heterocycles. The summed E-state index contributed by atoms with van der Waals surface area (Å²) in [4.78, 5) is 21.4. The van der Waals surface area contributed by atoms with Crippen LogP contribution in [0.2, 0.25) is 0 Å². The minimum Gasteiger partial charge on any atom is -0.367 e. The van der Waals surface area contributed by atoms with Crippen molar-refractivity contribution in [1.82, 2.24) is 19.7 Å². The van der Waals surface area contributed by atoms with E-state index in [2.05, 4.69) is 40.5 Å². The molecule has 28 heavy (non-hydrogen) atoms. The number of hydrogen-bond acceptors (Lipinski definition) is 4. The first kappa shape index (κ1) is 18.5. The summed E-state index contributed by atoms with van der Waals surface area (Å²) in [6.07, 6.45) is 8.84. The first-order chi connectivity index (χ1) is 13.5. The summed E-state index contributed by atoms with van der Waals surface area (Å²) in [5.74, 6) is 1.46. The Kier molecular flexibility index (Phi) is 5.03. The highest BCUT2D eigenvalue weighted by Crippen LogP contribution is 2.26. The molecule has 146 valence electrons. The SMILES string of the molecule is Cc1cc(-c2cnc3c(NCCC(C)C)nccn23)ccc1C(=O)NC1CC1. The van der Waals surface area contributed by atoms with Gasteiger partial charge in [-0.2, -0.15) is 0 Å². The molecule has 0 saturated heterocycles. The summed E-state index contributed by atoms with van der Waals surface area (Å²) in [5, 5.41) is 6.45. The van der Waals surface area contributed by atoms with Gasteiger partial charge in [-0.25, -0.2) is 9.97 Å². The molecule has 2 aromatic heterocycles. The number of aryl methyl sites for hydroxylation is 1. The molecule has 2 heterocycles. The number of anilines is 1. The molecular formula is C22H27N5O. The van der Waals surface area contributed by atoms with Crippen molar-refractivity contribution in [2.24, 2.45) is 5.92 Å². The van der Waals surface area contributed by atoms with Crippen LogP contribution in [0.1, 0.15) is 49.0 Å². The molecule has 3 aromatic rings. The lowest BCUT2D eigenvalue weighted by molar-refractivity contribution is 0.0950. The molecule has 1 amide bonds. The van der Waals surface area contributed by atoms with E-state index in [0.29, 0.717) is 12.0 Å². The van der Waals surface area contributed by atoms with Crippen molar-refractivity contribution in [1.29, 1.82) is 0 Å². The fraction of sp³-hybridized carbons (Fsp3) is 0.409. The minimum absolute atomic E-state index is 0.0190. The molecule has 2 N–H and O–H groups in total. The van der Waals surface area contributed by atoms with Crippen molar-refractivity contribution < 1.29 is 4.79 Å². The molecule has 0 atom stereocenters. The van der Waals surface area contributed by atoms with E-state index in [1.807, 2.05) is 35.9 Å². The second-order valence-electron chi connectivity index (χ2n) is 8.00. The van der Waals surface area contributed by atoms with Crippen molar-refractivity contribution in [3.8, 4) is 11.3 Å². The molecule has 1 fully saturated rings. The molecule has 0 bridgehead atoms. The van der Waals surface area contributed by atoms with Crippen LogP contribution in [-0.2, 0) is 0 Å². The Labute approximate surface area is 165 Å². The van der Waals surface area contributed by atoms with E-state index in [9.17, 15) is 4.79 Å². The molecular weight excluding hydrogens is 350 g/mol. The van der Waals surface area contributed by atoms with Gasteiger partial charge in [0.1, 0.15) is 0 Å². The number of fused-ring (bicyclic) bond motifs is 1. The molecule has 6 nitrogen and oxygen atoms in total. The molecule has 0 unspecified atom stereocenters. The molecule has 6 heteroatoms. The van der Waals surface area contributed by atoms with Gasteiger partial charge in [-0.1, -0.05) is 19.9 Å². The largest absolute Gasteiger partial charge is 0.367 e. The maximum Gasteiger partial charge on any atom is 0.251 e. The summed E-state index contributed by atoms with van der Waals surface area (Å²) >= 11 is 0. The number of nitrogens with zero attached hydrogens (tertiary/aromatic N) is 3. The fourth-order valence-electron chi connectivity index (χ4n) is 3.31. The Balaban J connectivity index is 1.60. The van der Waals surface area contributed by atoms with Crippen molar-refractivity contribution >= 4 is 17.4 Å². The fourth-order valence-corrected chi connectivity index (χ4v) is 3.31. The maximum atomic E-state index is 12.4. The predicted octanol–water partition coefficient (Wildman–Crippen LogP) is 4.05. The number of benzene rings is 1. The zero-order valence-corrected chi connectivity index (χ0v) is 16.7. The first-order valence-corrected chi connectivity index (χ1v) is 10.0. The number of aromatic nitrogens is 3. The number of amides is 1. The highest BCUT2D eigenvalue weighted by Gasteiger charge is 2.24. The first-order valence-electron chi connectivity index (χ1n) is 10.0. The predicted molar refractivity (Wildman–Crippen MR) is 112 cm³/mol. The summed E-state index contributed by atoms with van der Waals surface area (Å²) in [5.41, 5.74) is 4.54. The quantitative estimate of drug-likeness (QED) is 0.651. The van der Waals surface area contributed by atoms with Gasteiger partial charge in [-0.05, 0) is 49.8 Å². The molecule has 1 aliphatic carbocycles. The Bertz CT molecular complexity index is 1000. The van der Waals surface area contributed by atoms with E-state index >= 15 is 0 Å². The summed E-state index contributed by atoms with van der Waals surface area (Å²) in [6.45, 7) is 7.27. The highest BCUT2D eigenvalue weighted by molar-refractivity contribution is 5.96. The number of carbonyl (C=O) groups is 1. The monoisotopic (exact) mass is 377 g/mol. The van der Waals surface area contributed by atoms with Crippen molar-refractivity contribution in [3.63, 3.8) is 0 Å². The molecule has 4 rings (SSSR count). The maximum absolute atomic E-state index is 12.4. The van der Waals surface area contributed by atoms with Crippen LogP contribution < -0.4 is 10.6 Å². The zero-order valence-electron chi connectivity index (χ0n) is 16.7. The number of rotatable bonds is 7. The van der Waals surface area contributed by atoms with E-state index in [1.165, 1.54) is 0 Å². The third-order valence-electron chi connectivity index (χ3n) is 5.12. The van der Waals surface area contributed by atoms with Gasteiger partial charge in [-0.15, -0.1) is 0 Å². The van der Waals surface area contributed by atoms with Gasteiger partial charge in [0.15, 0.2) is 11.5 Å². The van der Waals surface area contributed by atoms with Crippen LogP contribution in [-0.4, -0.2) is 32.9 Å². The Hall–Kier alpha value is -2.89. The molecule has 1 aromatic carbocycles. The van der Waals surface area contributed by atoms with Gasteiger partial charge in [-0.3, -0.25) is 9.20 Å². The minimum atomic E-state index is 0.0190. The van der Waals surface area contributed by atoms with E-state index in [-0.39, 0.29) is 5.91 Å². The summed E-state index contributed by atoms with van der Waals surface area (Å²) < 4.78 is 2.05. The topological polar surface area (TPSA) is 71.3 Å². The average molecular weight is 377 g/mol. The van der Waals surface area contributed by atoms with Gasteiger partial charge in [0.05, 0.1) is 11.9 Å². The lowest BCUT2D eigenvalue weighted by atomic mass is 10.0. The van der Waals surface area contributed by atoms with E-state index < -0.39 is 0 Å². The van der Waals surface area contributed by atoms with Crippen LogP contribution in [0.4, 0.5) is 5.82 Å². The smallest absolute Gasteiger partial charge is 0.251 e. The van der Waals surface area contributed by atoms with Crippen LogP contribution in [0, 0.1) is 12.8 Å². The highest BCUT2D eigenvalue weighted by atomic mass is 16.1. The van der Waals surface area contributed by atoms with E-state index in [1.54, 1.807) is 6.20 Å². The van der Waals surface area contributed by atoms with Gasteiger partial charge in [0.2, 0.25) is 0 Å². The van der Waals surface area contributed by atoms with Gasteiger partial charge in [0.25, 0.3) is 5.91 Å². The lowest BCUT2D eigenvalue weighted by Crippen LogP contribution is -2.26. The number of nitrogens with one attached hydrogen (secondary N) is 2. The third-order valence-corrected chi connectivity index (χ3v) is 5.12. The van der Waals surface area contributed by atoms with Gasteiger partial charge >= 0.3 is 0 Å². The van der Waals surface area contributed by atoms with Crippen LogP contribution in [0.25, 0.3) is 16.9 Å². The lowest BCUT2D eigenvalue weighted by Gasteiger charge is -2.10. The molecule has 1 saturated carbocycles. The van der Waals surface area contributed by atoms with Crippen LogP contribution >= 0.6 is 0 Å². The van der Waals surface area contributed by atoms with Crippen molar-refractivity contribution in [3.05, 3.63) is 47.9 Å². The van der Waals surface area contributed by atoms with Crippen molar-refractivity contribution in [2.75, 3.05) is 11.9 Å². The molecule has 0 spiro atoms. The van der Waals surface area contributed by atoms with Gasteiger partial charge < -0.3 is 10.6 Å². The van der Waals surface area contributed by atoms with Crippen molar-refractivity contribution in [2.45, 2.75) is 46.1 Å². The van der Waals surface area contributed by atoms with E-state index in [4.69, 9.17) is 0 Å². The normalized spacial score (nSPS) is 13.9. The summed E-state index contributed by atoms with van der Waals surface area (Å²) in [7, 11) is 0. The standard InChI is InChI=1S/C22H27N5O/c1-14(2)8-9-23-20-21-25-13-19(27(21)11-10-24-20)16-4-7-18(15(3)12-16)22(28)26-17-5-6-17/h4,7,10-14,17H,5-6,8-9H2,1-3H3,(H,23,24)(H,26,28). The third kappa shape index (κ3) is 3.86. The number of imidazole rings is 1. The van der Waals surface area contributed by atoms with Crippen LogP contribution in [0.15, 0.2) is 36.8 Å². The number of hydrogen-bond donors (Lipinski definition) is 2. The average Bonchev–Trinajstić information content (AvgIpc) is 3.36. The van der Waals surface area contributed by atoms with E-state index in [0.717, 1.165) is 59.7 Å². The van der Waals surface area contributed by atoms with Crippen LogP contribution in [0.3, 0.4) is 0 Å². The molecule has 1 aliphatic rings. The summed E-state index contributed by atoms with van der Waals surface area (Å²) in [6, 6.07) is 6.31.